The van der Waals surface area contributed by atoms with Crippen LogP contribution < -0.4 is 10.9 Å². The molecule has 4 aromatic rings. The summed E-state index contributed by atoms with van der Waals surface area (Å²) in [6, 6.07) is 10.5. The summed E-state index contributed by atoms with van der Waals surface area (Å²) >= 11 is 3.42. The van der Waals surface area contributed by atoms with Crippen LogP contribution in [0.15, 0.2) is 56.3 Å². The average molecular weight is 443 g/mol. The minimum Gasteiger partial charge on any atom is -0.463 e. The van der Waals surface area contributed by atoms with Gasteiger partial charge in [0.05, 0.1) is 11.8 Å². The van der Waals surface area contributed by atoms with Gasteiger partial charge >= 0.3 is 0 Å². The van der Waals surface area contributed by atoms with Gasteiger partial charge in [-0.2, -0.15) is 5.10 Å². The number of amides is 1. The molecule has 0 radical (unpaired) electrons. The van der Waals surface area contributed by atoms with Gasteiger partial charge < -0.3 is 9.73 Å². The zero-order valence-electron chi connectivity index (χ0n) is 15.5. The van der Waals surface area contributed by atoms with Gasteiger partial charge in [-0.05, 0) is 24.6 Å². The number of rotatable bonds is 5. The number of nitrogens with one attached hydrogen (secondary N) is 1. The van der Waals surface area contributed by atoms with E-state index in [-0.39, 0.29) is 11.5 Å². The van der Waals surface area contributed by atoms with Gasteiger partial charge in [0.1, 0.15) is 17.4 Å². The molecule has 0 spiro atoms. The van der Waals surface area contributed by atoms with Crippen molar-refractivity contribution < 1.29 is 9.21 Å². The van der Waals surface area contributed by atoms with Gasteiger partial charge in [-0.3, -0.25) is 14.0 Å². The van der Waals surface area contributed by atoms with Gasteiger partial charge in [0, 0.05) is 29.6 Å². The second-order valence-corrected chi connectivity index (χ2v) is 7.49. The lowest BCUT2D eigenvalue weighted by molar-refractivity contribution is -0.124. The number of aryl methyl sites for hydroxylation is 1. The van der Waals surface area contributed by atoms with E-state index in [2.05, 4.69) is 26.3 Å². The van der Waals surface area contributed by atoms with E-state index in [4.69, 9.17) is 4.42 Å². The number of furan rings is 1. The van der Waals surface area contributed by atoms with Crippen LogP contribution in [0.1, 0.15) is 31.3 Å². The van der Waals surface area contributed by atoms with Crippen molar-refractivity contribution in [2.45, 2.75) is 32.9 Å². The van der Waals surface area contributed by atoms with Crippen LogP contribution in [0.4, 0.5) is 0 Å². The number of carbonyl (C=O) groups excluding carboxylic acids is 1. The summed E-state index contributed by atoms with van der Waals surface area (Å²) in [5.41, 5.74) is 2.52. The molecule has 1 amide bonds. The van der Waals surface area contributed by atoms with Crippen molar-refractivity contribution in [3.63, 3.8) is 0 Å². The minimum absolute atomic E-state index is 0.267. The fourth-order valence-electron chi connectivity index (χ4n) is 3.28. The highest BCUT2D eigenvalue weighted by molar-refractivity contribution is 9.10. The Morgan fingerprint density at radius 2 is 2.11 bits per heavy atom. The fourth-order valence-corrected chi connectivity index (χ4v) is 3.73. The molecule has 7 nitrogen and oxygen atoms in total. The van der Waals surface area contributed by atoms with Crippen molar-refractivity contribution >= 4 is 38.5 Å². The van der Waals surface area contributed by atoms with Crippen LogP contribution in [0, 0.1) is 0 Å². The third-order valence-corrected chi connectivity index (χ3v) is 5.24. The molecule has 0 aliphatic carbocycles. The summed E-state index contributed by atoms with van der Waals surface area (Å²) < 4.78 is 9.42. The van der Waals surface area contributed by atoms with E-state index in [1.54, 1.807) is 29.7 Å². The molecule has 144 valence electrons. The zero-order chi connectivity index (χ0) is 19.8. The first-order valence-corrected chi connectivity index (χ1v) is 9.81. The predicted molar refractivity (Wildman–Crippen MR) is 109 cm³/mol. The number of hydrogen-bond donors (Lipinski definition) is 1. The Labute approximate surface area is 169 Å². The van der Waals surface area contributed by atoms with E-state index in [9.17, 15) is 9.59 Å². The summed E-state index contributed by atoms with van der Waals surface area (Å²) in [6.45, 7) is 4.01. The maximum absolute atomic E-state index is 13.0. The molecule has 0 aliphatic rings. The number of benzene rings is 1. The van der Waals surface area contributed by atoms with E-state index in [0.717, 1.165) is 15.6 Å². The normalized spacial score (nSPS) is 12.5. The van der Waals surface area contributed by atoms with Crippen LogP contribution in [0.2, 0.25) is 0 Å². The molecular weight excluding hydrogens is 424 g/mol. The van der Waals surface area contributed by atoms with Crippen LogP contribution in [-0.2, 0) is 17.8 Å². The quantitative estimate of drug-likeness (QED) is 0.513. The Bertz CT molecular complexity index is 1240. The van der Waals surface area contributed by atoms with Crippen molar-refractivity contribution in [3.8, 4) is 0 Å². The van der Waals surface area contributed by atoms with Gasteiger partial charge in [0.15, 0.2) is 5.58 Å². The van der Waals surface area contributed by atoms with E-state index in [1.807, 2.05) is 31.2 Å². The SMILES string of the molecule is CCc1nn(C(C)C(=O)NCc2cccc(Br)c2)c(=O)c2cc3occc3n12. The van der Waals surface area contributed by atoms with Crippen molar-refractivity contribution in [1.29, 1.82) is 0 Å². The first kappa shape index (κ1) is 18.5. The number of fused-ring (bicyclic) bond motifs is 3. The monoisotopic (exact) mass is 442 g/mol. The number of carbonyl (C=O) groups is 1. The zero-order valence-corrected chi connectivity index (χ0v) is 17.1. The van der Waals surface area contributed by atoms with Gasteiger partial charge in [-0.25, -0.2) is 4.68 Å². The maximum atomic E-state index is 13.0. The lowest BCUT2D eigenvalue weighted by Crippen LogP contribution is -2.38. The number of aromatic nitrogens is 3. The summed E-state index contributed by atoms with van der Waals surface area (Å²) in [5, 5.41) is 7.34. The molecule has 1 atom stereocenters. The van der Waals surface area contributed by atoms with E-state index < -0.39 is 6.04 Å². The molecule has 0 bridgehead atoms. The molecule has 0 saturated carbocycles. The van der Waals surface area contributed by atoms with Crippen molar-refractivity contribution in [2.75, 3.05) is 0 Å². The molecule has 0 saturated heterocycles. The fraction of sp³-hybridized carbons (Fsp3) is 0.250. The third-order valence-electron chi connectivity index (χ3n) is 4.75. The van der Waals surface area contributed by atoms with Crippen molar-refractivity contribution in [2.24, 2.45) is 0 Å². The lowest BCUT2D eigenvalue weighted by Gasteiger charge is -2.16. The molecule has 4 rings (SSSR count). The highest BCUT2D eigenvalue weighted by Crippen LogP contribution is 2.21. The molecule has 3 aromatic heterocycles. The molecule has 28 heavy (non-hydrogen) atoms. The molecule has 1 unspecified atom stereocenters. The standard InChI is InChI=1S/C20H19BrN4O3/c1-3-18-23-25(20(27)16-10-17-15(24(16)18)7-8-28-17)12(2)19(26)22-11-13-5-4-6-14(21)9-13/h4-10,12H,3,11H2,1-2H3,(H,22,26). The Morgan fingerprint density at radius 1 is 1.29 bits per heavy atom. The number of hydrogen-bond acceptors (Lipinski definition) is 4. The molecule has 1 N–H and O–H groups in total. The van der Waals surface area contributed by atoms with E-state index in [0.29, 0.717) is 29.9 Å². The Balaban J connectivity index is 1.66. The van der Waals surface area contributed by atoms with Crippen molar-refractivity contribution in [3.05, 3.63) is 68.9 Å². The topological polar surface area (TPSA) is 81.5 Å². The van der Waals surface area contributed by atoms with Gasteiger partial charge in [-0.15, -0.1) is 0 Å². The molecule has 0 fully saturated rings. The molecule has 3 heterocycles. The Morgan fingerprint density at radius 3 is 2.86 bits per heavy atom. The highest BCUT2D eigenvalue weighted by atomic mass is 79.9. The maximum Gasteiger partial charge on any atom is 0.291 e. The van der Waals surface area contributed by atoms with Crippen LogP contribution >= 0.6 is 15.9 Å². The Hall–Kier alpha value is -2.87. The van der Waals surface area contributed by atoms with E-state index in [1.165, 1.54) is 4.68 Å². The molecule has 0 aliphatic heterocycles. The first-order chi connectivity index (χ1) is 13.5. The largest absolute Gasteiger partial charge is 0.463 e. The second kappa shape index (κ2) is 7.27. The molecule has 8 heteroatoms. The Kier molecular flexibility index (Phi) is 4.80. The minimum atomic E-state index is -0.740. The third kappa shape index (κ3) is 3.13. The van der Waals surface area contributed by atoms with E-state index >= 15 is 0 Å². The highest BCUT2D eigenvalue weighted by Gasteiger charge is 2.22. The number of nitrogens with zero attached hydrogens (tertiary/aromatic N) is 3. The van der Waals surface area contributed by atoms with Crippen LogP contribution in [0.3, 0.4) is 0 Å². The van der Waals surface area contributed by atoms with Crippen LogP contribution in [0.25, 0.3) is 16.6 Å². The smallest absolute Gasteiger partial charge is 0.291 e. The molecule has 1 aromatic carbocycles. The predicted octanol–water partition coefficient (Wildman–Crippen LogP) is 3.44. The number of halogens is 1. The van der Waals surface area contributed by atoms with Crippen LogP contribution in [-0.4, -0.2) is 20.1 Å². The van der Waals surface area contributed by atoms with Crippen molar-refractivity contribution in [1.82, 2.24) is 19.5 Å². The average Bonchev–Trinajstić information content (AvgIpc) is 3.28. The lowest BCUT2D eigenvalue weighted by atomic mass is 10.2. The summed E-state index contributed by atoms with van der Waals surface area (Å²) in [7, 11) is 0. The second-order valence-electron chi connectivity index (χ2n) is 6.58. The van der Waals surface area contributed by atoms with Gasteiger partial charge in [0.25, 0.3) is 5.56 Å². The summed E-state index contributed by atoms with van der Waals surface area (Å²) in [5.74, 6) is 0.425. The summed E-state index contributed by atoms with van der Waals surface area (Å²) in [4.78, 5) is 25.6. The molecular formula is C20H19BrN4O3. The first-order valence-electron chi connectivity index (χ1n) is 9.02. The van der Waals surface area contributed by atoms with Gasteiger partial charge in [-0.1, -0.05) is 35.0 Å². The van der Waals surface area contributed by atoms with Crippen LogP contribution in [0.5, 0.6) is 0 Å². The van der Waals surface area contributed by atoms with Gasteiger partial charge in [0.2, 0.25) is 5.91 Å². The summed E-state index contributed by atoms with van der Waals surface area (Å²) in [6.07, 6.45) is 2.19.